The molecule has 0 aliphatic heterocycles. The van der Waals surface area contributed by atoms with Gasteiger partial charge in [-0.05, 0) is 77.7 Å². The van der Waals surface area contributed by atoms with Gasteiger partial charge in [0.05, 0.1) is 13.2 Å². The van der Waals surface area contributed by atoms with Crippen LogP contribution in [0, 0.1) is 0 Å². The number of hydrogen-bond acceptors (Lipinski definition) is 8. The van der Waals surface area contributed by atoms with E-state index >= 15 is 0 Å². The summed E-state index contributed by atoms with van der Waals surface area (Å²) in [5, 5.41) is 2.81. The molecule has 0 aliphatic carbocycles. The maximum Gasteiger partial charge on any atom is 0.472 e. The molecule has 0 aromatic heterocycles. The number of likely N-dealkylation sites (N-methyl/N-ethyl adjacent to an activating group) is 1. The highest BCUT2D eigenvalue weighted by atomic mass is 31.2. The van der Waals surface area contributed by atoms with Gasteiger partial charge in [-0.25, -0.2) is 4.57 Å². The largest absolute Gasteiger partial charge is 0.472 e. The van der Waals surface area contributed by atoms with Gasteiger partial charge in [-0.1, -0.05) is 107 Å². The van der Waals surface area contributed by atoms with Crippen LogP contribution in [0.1, 0.15) is 142 Å². The zero-order valence-electron chi connectivity index (χ0n) is 30.4. The molecule has 10 heteroatoms. The molecule has 0 saturated carbocycles. The first-order valence-corrected chi connectivity index (χ1v) is 20.1. The van der Waals surface area contributed by atoms with Crippen LogP contribution in [0.25, 0.3) is 0 Å². The van der Waals surface area contributed by atoms with Crippen molar-refractivity contribution in [1.29, 1.82) is 0 Å². The monoisotopic (exact) mass is 697 g/mol. The van der Waals surface area contributed by atoms with Crippen molar-refractivity contribution < 1.29 is 37.6 Å². The topological polar surface area (TPSA) is 120 Å². The van der Waals surface area contributed by atoms with Gasteiger partial charge in [0.1, 0.15) is 6.61 Å². The molecule has 2 N–H and O–H groups in total. The van der Waals surface area contributed by atoms with Crippen LogP contribution in [0.4, 0.5) is 0 Å². The van der Waals surface area contributed by atoms with E-state index in [1.165, 1.54) is 32.1 Å². The second-order valence-electron chi connectivity index (χ2n) is 12.0. The average Bonchev–Trinajstić information content (AvgIpc) is 3.06. The minimum absolute atomic E-state index is 0.0262. The molecular weight excluding hydrogens is 629 g/mol. The molecule has 278 valence electrons. The average molecular weight is 698 g/mol. The Morgan fingerprint density at radius 2 is 1.15 bits per heavy atom. The molecule has 9 nitrogen and oxygen atoms in total. The molecule has 0 amide bonds. The van der Waals surface area contributed by atoms with E-state index in [1.807, 2.05) is 0 Å². The van der Waals surface area contributed by atoms with Gasteiger partial charge >= 0.3 is 19.8 Å². The molecule has 48 heavy (non-hydrogen) atoms. The van der Waals surface area contributed by atoms with Crippen molar-refractivity contribution in [2.24, 2.45) is 0 Å². The summed E-state index contributed by atoms with van der Waals surface area (Å²) in [4.78, 5) is 34.8. The minimum atomic E-state index is -4.35. The Bertz CT molecular complexity index is 934. The van der Waals surface area contributed by atoms with Gasteiger partial charge in [0.25, 0.3) is 0 Å². The maximum atomic E-state index is 12.5. The summed E-state index contributed by atoms with van der Waals surface area (Å²) in [5.41, 5.74) is 0. The van der Waals surface area contributed by atoms with Crippen molar-refractivity contribution in [3.8, 4) is 0 Å². The van der Waals surface area contributed by atoms with Gasteiger partial charge in [0, 0.05) is 19.4 Å². The van der Waals surface area contributed by atoms with E-state index in [0.717, 1.165) is 70.6 Å². The summed E-state index contributed by atoms with van der Waals surface area (Å²) in [5.74, 6) is -0.869. The van der Waals surface area contributed by atoms with Crippen molar-refractivity contribution in [3.63, 3.8) is 0 Å². The lowest BCUT2D eigenvalue weighted by Gasteiger charge is -2.20. The lowest BCUT2D eigenvalue weighted by atomic mass is 10.1. The number of unbranched alkanes of at least 4 members (excludes halogenated alkanes) is 12. The van der Waals surface area contributed by atoms with Crippen LogP contribution in [-0.4, -0.2) is 56.3 Å². The number of rotatable bonds is 34. The Hall–Kier alpha value is -2.03. The minimum Gasteiger partial charge on any atom is -0.462 e. The van der Waals surface area contributed by atoms with E-state index in [-0.39, 0.29) is 26.1 Å². The van der Waals surface area contributed by atoms with Crippen molar-refractivity contribution in [3.05, 3.63) is 48.6 Å². The van der Waals surface area contributed by atoms with E-state index in [9.17, 15) is 19.0 Å². The first-order chi connectivity index (χ1) is 23.3. The summed E-state index contributed by atoms with van der Waals surface area (Å²) >= 11 is 0. The number of ether oxygens (including phenoxy) is 2. The van der Waals surface area contributed by atoms with Crippen LogP contribution in [0.15, 0.2) is 48.6 Å². The van der Waals surface area contributed by atoms with Gasteiger partial charge < -0.3 is 19.7 Å². The summed E-state index contributed by atoms with van der Waals surface area (Å²) in [7, 11) is -2.66. The van der Waals surface area contributed by atoms with Crippen LogP contribution in [0.2, 0.25) is 0 Å². The Kier molecular flexibility index (Phi) is 33.3. The first-order valence-electron chi connectivity index (χ1n) is 18.6. The SMILES string of the molecule is CCCC/C=C\CCCCCCCC(=O)OC(COC(=O)CCCC/C=C\C/C=C\C/C=C\CCCCC)COP(=O)(O)OCCNC. The Balaban J connectivity index is 4.39. The molecule has 0 rings (SSSR count). The van der Waals surface area contributed by atoms with Crippen LogP contribution in [-0.2, 0) is 32.7 Å². The fourth-order valence-electron chi connectivity index (χ4n) is 4.54. The fourth-order valence-corrected chi connectivity index (χ4v) is 5.29. The van der Waals surface area contributed by atoms with E-state index < -0.39 is 32.5 Å². The van der Waals surface area contributed by atoms with Gasteiger partial charge in [0.2, 0.25) is 0 Å². The quantitative estimate of drug-likeness (QED) is 0.0293. The smallest absolute Gasteiger partial charge is 0.462 e. The lowest BCUT2D eigenvalue weighted by Crippen LogP contribution is -2.29. The number of esters is 2. The summed E-state index contributed by atoms with van der Waals surface area (Å²) in [6.07, 6.45) is 35.9. The fraction of sp³-hybridized carbons (Fsp3) is 0.737. The Morgan fingerprint density at radius 3 is 1.79 bits per heavy atom. The number of hydrogen-bond donors (Lipinski definition) is 2. The molecule has 2 unspecified atom stereocenters. The molecule has 0 aromatic carbocycles. The van der Waals surface area contributed by atoms with E-state index in [0.29, 0.717) is 19.4 Å². The highest BCUT2D eigenvalue weighted by molar-refractivity contribution is 7.47. The van der Waals surface area contributed by atoms with Crippen molar-refractivity contribution in [2.75, 3.05) is 33.4 Å². The third kappa shape index (κ3) is 33.9. The van der Waals surface area contributed by atoms with E-state index in [4.69, 9.17) is 18.5 Å². The summed E-state index contributed by atoms with van der Waals surface area (Å²) in [6, 6.07) is 0. The predicted molar refractivity (Wildman–Crippen MR) is 197 cm³/mol. The standard InChI is InChI=1S/C38H68NO8P/c1-4-6-8-10-12-14-16-17-18-19-21-22-24-26-28-30-37(40)44-34-36(35-46-48(42,43)45-33-32-39-3)47-38(41)31-29-27-25-23-20-15-13-11-9-7-5-2/h11-14,17-18,21-22,36,39H,4-10,15-16,19-20,23-35H2,1-3H3,(H,42,43)/b13-11-,14-12-,18-17-,22-21-. The molecule has 2 atom stereocenters. The highest BCUT2D eigenvalue weighted by Crippen LogP contribution is 2.43. The summed E-state index contributed by atoms with van der Waals surface area (Å²) < 4.78 is 32.9. The van der Waals surface area contributed by atoms with E-state index in [1.54, 1.807) is 7.05 Å². The molecule has 0 aliphatic rings. The van der Waals surface area contributed by atoms with Crippen molar-refractivity contribution in [1.82, 2.24) is 5.32 Å². The normalized spacial score (nSPS) is 14.0. The van der Waals surface area contributed by atoms with Crippen LogP contribution < -0.4 is 5.32 Å². The third-order valence-corrected chi connectivity index (χ3v) is 8.41. The molecule has 0 aromatic rings. The Labute approximate surface area is 292 Å². The molecule has 0 heterocycles. The molecule has 0 bridgehead atoms. The molecular formula is C38H68NO8P. The number of nitrogens with one attached hydrogen (secondary N) is 1. The van der Waals surface area contributed by atoms with E-state index in [2.05, 4.69) is 67.8 Å². The number of carbonyl (C=O) groups is 2. The number of phosphoric acid groups is 1. The summed E-state index contributed by atoms with van der Waals surface area (Å²) in [6.45, 7) is 4.07. The number of allylic oxidation sites excluding steroid dienone is 8. The van der Waals surface area contributed by atoms with Crippen molar-refractivity contribution >= 4 is 19.8 Å². The highest BCUT2D eigenvalue weighted by Gasteiger charge is 2.26. The zero-order chi connectivity index (χ0) is 35.4. The third-order valence-electron chi connectivity index (χ3n) is 7.42. The molecule has 0 saturated heterocycles. The Morgan fingerprint density at radius 1 is 0.646 bits per heavy atom. The molecule has 0 fully saturated rings. The van der Waals surface area contributed by atoms with Crippen LogP contribution >= 0.6 is 7.82 Å². The van der Waals surface area contributed by atoms with Gasteiger partial charge in [-0.15, -0.1) is 0 Å². The number of phosphoric ester groups is 1. The predicted octanol–water partition coefficient (Wildman–Crippen LogP) is 9.86. The van der Waals surface area contributed by atoms with Gasteiger partial charge in [-0.3, -0.25) is 18.6 Å². The number of carbonyl (C=O) groups excluding carboxylic acids is 2. The first kappa shape index (κ1) is 46.0. The van der Waals surface area contributed by atoms with Crippen LogP contribution in [0.5, 0.6) is 0 Å². The maximum absolute atomic E-state index is 12.5. The second kappa shape index (κ2) is 34.8. The van der Waals surface area contributed by atoms with Gasteiger partial charge in [0.15, 0.2) is 6.10 Å². The van der Waals surface area contributed by atoms with Crippen molar-refractivity contribution in [2.45, 2.75) is 148 Å². The lowest BCUT2D eigenvalue weighted by molar-refractivity contribution is -0.161. The molecule has 0 spiro atoms. The molecule has 0 radical (unpaired) electrons. The second-order valence-corrected chi connectivity index (χ2v) is 13.5. The van der Waals surface area contributed by atoms with Crippen LogP contribution in [0.3, 0.4) is 0 Å². The van der Waals surface area contributed by atoms with Gasteiger partial charge in [-0.2, -0.15) is 0 Å². The zero-order valence-corrected chi connectivity index (χ0v) is 31.3.